The lowest BCUT2D eigenvalue weighted by Crippen LogP contribution is -2.02. The van der Waals surface area contributed by atoms with E-state index in [2.05, 4.69) is 0 Å². The van der Waals surface area contributed by atoms with Crippen molar-refractivity contribution in [3.8, 4) is 0 Å². The van der Waals surface area contributed by atoms with Gasteiger partial charge >= 0.3 is 0 Å². The molecular weight excluding hydrogens is 334 g/mol. The number of hydrogen-bond donors (Lipinski definition) is 3. The molecule has 3 nitrogen and oxygen atoms in total. The summed E-state index contributed by atoms with van der Waals surface area (Å²) in [7, 11) is 0. The molecule has 0 radical (unpaired) electrons. The highest BCUT2D eigenvalue weighted by molar-refractivity contribution is 4.51. The summed E-state index contributed by atoms with van der Waals surface area (Å²) in [5, 5.41) is 17.5. The molecular formula is C24H51NO2. The summed E-state index contributed by atoms with van der Waals surface area (Å²) >= 11 is 0. The SMILES string of the molecule is NCCCCCCCCCCCCCCCCCCCCCCCC(O)O. The van der Waals surface area contributed by atoms with Crippen LogP contribution in [0.15, 0.2) is 0 Å². The van der Waals surface area contributed by atoms with Gasteiger partial charge in [0.05, 0.1) is 0 Å². The van der Waals surface area contributed by atoms with E-state index in [9.17, 15) is 0 Å². The van der Waals surface area contributed by atoms with Crippen molar-refractivity contribution in [1.29, 1.82) is 0 Å². The molecule has 3 heteroatoms. The first-order valence-corrected chi connectivity index (χ1v) is 12.3. The largest absolute Gasteiger partial charge is 0.368 e. The molecule has 0 spiro atoms. The van der Waals surface area contributed by atoms with Crippen molar-refractivity contribution >= 4 is 0 Å². The van der Waals surface area contributed by atoms with Crippen LogP contribution in [0, 0.1) is 0 Å². The Hall–Kier alpha value is -0.120. The summed E-state index contributed by atoms with van der Waals surface area (Å²) in [4.78, 5) is 0. The summed E-state index contributed by atoms with van der Waals surface area (Å²) in [6.07, 6.45) is 27.9. The maximum absolute atomic E-state index is 8.77. The van der Waals surface area contributed by atoms with E-state index in [1.807, 2.05) is 0 Å². The average Bonchev–Trinajstić information content (AvgIpc) is 2.65. The molecule has 0 aliphatic carbocycles. The van der Waals surface area contributed by atoms with Gasteiger partial charge in [-0.15, -0.1) is 0 Å². The maximum Gasteiger partial charge on any atom is 0.151 e. The third kappa shape index (κ3) is 25.9. The fourth-order valence-corrected chi connectivity index (χ4v) is 3.83. The lowest BCUT2D eigenvalue weighted by molar-refractivity contribution is -0.0466. The molecule has 0 rings (SSSR count). The zero-order valence-electron chi connectivity index (χ0n) is 18.3. The van der Waals surface area contributed by atoms with E-state index in [4.69, 9.17) is 15.9 Å². The average molecular weight is 386 g/mol. The van der Waals surface area contributed by atoms with Gasteiger partial charge in [0.15, 0.2) is 6.29 Å². The van der Waals surface area contributed by atoms with Crippen LogP contribution in [0.5, 0.6) is 0 Å². The number of aliphatic hydroxyl groups is 2. The molecule has 0 saturated heterocycles. The standard InChI is InChI=1S/C24H51NO2/c25-23-21-19-17-15-13-11-9-7-5-3-1-2-4-6-8-10-12-14-16-18-20-22-24(26)27/h24,26-27H,1-23,25H2. The Balaban J connectivity index is 2.97. The summed E-state index contributed by atoms with van der Waals surface area (Å²) in [6, 6.07) is 0. The van der Waals surface area contributed by atoms with Gasteiger partial charge in [-0.05, 0) is 25.8 Å². The monoisotopic (exact) mass is 385 g/mol. The number of rotatable bonds is 23. The first kappa shape index (κ1) is 26.9. The van der Waals surface area contributed by atoms with Gasteiger partial charge in [0.1, 0.15) is 0 Å². The molecule has 0 saturated carbocycles. The van der Waals surface area contributed by atoms with Crippen molar-refractivity contribution in [1.82, 2.24) is 0 Å². The first-order chi connectivity index (χ1) is 13.3. The van der Waals surface area contributed by atoms with E-state index in [0.717, 1.165) is 19.4 Å². The van der Waals surface area contributed by atoms with E-state index in [0.29, 0.717) is 6.42 Å². The minimum atomic E-state index is -1.10. The maximum atomic E-state index is 8.77. The molecule has 0 unspecified atom stereocenters. The second kappa shape index (κ2) is 23.9. The number of hydrogen-bond acceptors (Lipinski definition) is 3. The van der Waals surface area contributed by atoms with E-state index < -0.39 is 6.29 Å². The molecule has 0 heterocycles. The highest BCUT2D eigenvalue weighted by Gasteiger charge is 1.97. The van der Waals surface area contributed by atoms with Gasteiger partial charge in [0.2, 0.25) is 0 Å². The minimum Gasteiger partial charge on any atom is -0.368 e. The number of nitrogens with two attached hydrogens (primary N) is 1. The van der Waals surface area contributed by atoms with Crippen LogP contribution >= 0.6 is 0 Å². The van der Waals surface area contributed by atoms with Crippen LogP contribution in [-0.4, -0.2) is 23.0 Å². The van der Waals surface area contributed by atoms with Crippen LogP contribution < -0.4 is 5.73 Å². The zero-order valence-corrected chi connectivity index (χ0v) is 18.3. The van der Waals surface area contributed by atoms with Crippen LogP contribution in [0.4, 0.5) is 0 Å². The van der Waals surface area contributed by atoms with Crippen LogP contribution in [0.25, 0.3) is 0 Å². The molecule has 0 aliphatic rings. The summed E-state index contributed by atoms with van der Waals surface area (Å²) in [6.45, 7) is 0.861. The zero-order chi connectivity index (χ0) is 19.8. The summed E-state index contributed by atoms with van der Waals surface area (Å²) in [5.74, 6) is 0. The Kier molecular flexibility index (Phi) is 23.8. The molecule has 0 aromatic heterocycles. The smallest absolute Gasteiger partial charge is 0.151 e. The summed E-state index contributed by atoms with van der Waals surface area (Å²) < 4.78 is 0. The predicted molar refractivity (Wildman–Crippen MR) is 119 cm³/mol. The van der Waals surface area contributed by atoms with Crippen molar-refractivity contribution in [2.45, 2.75) is 148 Å². The van der Waals surface area contributed by atoms with Gasteiger partial charge in [-0.3, -0.25) is 0 Å². The molecule has 4 N–H and O–H groups in total. The highest BCUT2D eigenvalue weighted by Crippen LogP contribution is 2.15. The van der Waals surface area contributed by atoms with Gasteiger partial charge in [0.25, 0.3) is 0 Å². The van der Waals surface area contributed by atoms with Crippen molar-refractivity contribution in [2.24, 2.45) is 5.73 Å². The van der Waals surface area contributed by atoms with Crippen molar-refractivity contribution in [2.75, 3.05) is 6.54 Å². The number of aliphatic hydroxyl groups excluding tert-OH is 1. The molecule has 0 aromatic carbocycles. The molecule has 0 atom stereocenters. The van der Waals surface area contributed by atoms with Gasteiger partial charge < -0.3 is 15.9 Å². The molecule has 0 bridgehead atoms. The topological polar surface area (TPSA) is 66.5 Å². The quantitative estimate of drug-likeness (QED) is 0.133. The normalized spacial score (nSPS) is 11.6. The molecule has 0 aromatic rings. The van der Waals surface area contributed by atoms with Gasteiger partial charge in [0, 0.05) is 0 Å². The van der Waals surface area contributed by atoms with E-state index >= 15 is 0 Å². The van der Waals surface area contributed by atoms with E-state index in [1.54, 1.807) is 0 Å². The number of unbranched alkanes of at least 4 members (excludes halogenated alkanes) is 20. The third-order valence-electron chi connectivity index (χ3n) is 5.67. The molecule has 0 amide bonds. The van der Waals surface area contributed by atoms with Crippen LogP contribution in [0.2, 0.25) is 0 Å². The van der Waals surface area contributed by atoms with Gasteiger partial charge in [-0.25, -0.2) is 0 Å². The van der Waals surface area contributed by atoms with E-state index in [-0.39, 0.29) is 0 Å². The Bertz CT molecular complexity index is 259. The molecule has 164 valence electrons. The summed E-state index contributed by atoms with van der Waals surface area (Å²) in [5.41, 5.74) is 5.51. The first-order valence-electron chi connectivity index (χ1n) is 12.3. The van der Waals surface area contributed by atoms with Gasteiger partial charge in [-0.2, -0.15) is 0 Å². The Morgan fingerprint density at radius 3 is 0.815 bits per heavy atom. The van der Waals surface area contributed by atoms with E-state index in [1.165, 1.54) is 122 Å². The molecule has 0 fully saturated rings. The predicted octanol–water partition coefficient (Wildman–Crippen LogP) is 6.84. The fraction of sp³-hybridized carbons (Fsp3) is 1.00. The Morgan fingerprint density at radius 1 is 0.370 bits per heavy atom. The fourth-order valence-electron chi connectivity index (χ4n) is 3.83. The van der Waals surface area contributed by atoms with Crippen LogP contribution in [0.1, 0.15) is 141 Å². The molecule has 0 aliphatic heterocycles. The van der Waals surface area contributed by atoms with Crippen molar-refractivity contribution in [3.63, 3.8) is 0 Å². The van der Waals surface area contributed by atoms with Crippen molar-refractivity contribution in [3.05, 3.63) is 0 Å². The highest BCUT2D eigenvalue weighted by atomic mass is 16.5. The molecule has 27 heavy (non-hydrogen) atoms. The van der Waals surface area contributed by atoms with Crippen LogP contribution in [0.3, 0.4) is 0 Å². The second-order valence-electron chi connectivity index (χ2n) is 8.48. The second-order valence-corrected chi connectivity index (χ2v) is 8.48. The van der Waals surface area contributed by atoms with Crippen molar-refractivity contribution < 1.29 is 10.2 Å². The van der Waals surface area contributed by atoms with Gasteiger partial charge in [-0.1, -0.05) is 122 Å². The minimum absolute atomic E-state index is 0.537. The lowest BCUT2D eigenvalue weighted by atomic mass is 10.0. The lowest BCUT2D eigenvalue weighted by Gasteiger charge is -2.04. The third-order valence-corrected chi connectivity index (χ3v) is 5.67. The Morgan fingerprint density at radius 2 is 0.593 bits per heavy atom. The Labute approximate surface area is 170 Å². The van der Waals surface area contributed by atoms with Crippen LogP contribution in [-0.2, 0) is 0 Å².